The van der Waals surface area contributed by atoms with Crippen LogP contribution < -0.4 is 10.0 Å². The molecule has 0 saturated carbocycles. The summed E-state index contributed by atoms with van der Waals surface area (Å²) in [5, 5.41) is 3.47. The maximum absolute atomic E-state index is 12.6. The molecular weight excluding hydrogens is 280 g/mol. The zero-order valence-corrected chi connectivity index (χ0v) is 14.1. The molecular formula is C17H26N2OS. The fourth-order valence-electron chi connectivity index (χ4n) is 3.74. The molecule has 2 N–H and O–H groups in total. The van der Waals surface area contributed by atoms with Crippen molar-refractivity contribution in [2.75, 3.05) is 13.1 Å². The van der Waals surface area contributed by atoms with Gasteiger partial charge in [0.05, 0.1) is 6.04 Å². The molecule has 0 bridgehead atoms. The lowest BCUT2D eigenvalue weighted by Crippen LogP contribution is -2.55. The molecule has 3 nitrogen and oxygen atoms in total. The molecule has 1 heterocycles. The van der Waals surface area contributed by atoms with Gasteiger partial charge in [-0.15, -0.1) is 4.72 Å². The van der Waals surface area contributed by atoms with Gasteiger partial charge < -0.3 is 9.87 Å². The molecule has 1 aliphatic carbocycles. The number of nitrogens with one attached hydrogen (secondary N) is 2. The molecule has 1 aliphatic heterocycles. The molecule has 1 aromatic carbocycles. The van der Waals surface area contributed by atoms with E-state index < -0.39 is 11.4 Å². The van der Waals surface area contributed by atoms with Gasteiger partial charge in [0.1, 0.15) is 4.75 Å². The van der Waals surface area contributed by atoms with Crippen LogP contribution in [0.4, 0.5) is 0 Å². The summed E-state index contributed by atoms with van der Waals surface area (Å²) >= 11 is -1.01. The summed E-state index contributed by atoms with van der Waals surface area (Å²) in [5.41, 5.74) is 3.07. The van der Waals surface area contributed by atoms with E-state index in [0.717, 1.165) is 32.4 Å². The quantitative estimate of drug-likeness (QED) is 0.824. The van der Waals surface area contributed by atoms with Crippen molar-refractivity contribution in [3.05, 3.63) is 35.4 Å². The van der Waals surface area contributed by atoms with Crippen LogP contribution in [0.5, 0.6) is 0 Å². The van der Waals surface area contributed by atoms with Crippen molar-refractivity contribution in [3.8, 4) is 0 Å². The highest BCUT2D eigenvalue weighted by Gasteiger charge is 2.49. The summed E-state index contributed by atoms with van der Waals surface area (Å²) in [7, 11) is 0. The zero-order valence-electron chi connectivity index (χ0n) is 13.2. The van der Waals surface area contributed by atoms with Crippen molar-refractivity contribution >= 4 is 11.4 Å². The van der Waals surface area contributed by atoms with Crippen LogP contribution in [0.2, 0.25) is 0 Å². The standard InChI is InChI=1S/C17H26N2OS/c1-16(2,3)21(20)19-15-12-13-6-4-5-7-14(13)17(15)8-10-18-11-9-17/h4-7,15,18-19H,8-12H2,1-3H3/t15-,21?/m1/s1. The Morgan fingerprint density at radius 3 is 2.57 bits per heavy atom. The second kappa shape index (κ2) is 5.58. The van der Waals surface area contributed by atoms with E-state index >= 15 is 0 Å². The smallest absolute Gasteiger partial charge is 0.136 e. The third kappa shape index (κ3) is 2.74. The molecule has 1 saturated heterocycles. The Kier molecular flexibility index (Phi) is 4.08. The molecule has 0 aromatic heterocycles. The fourth-order valence-corrected chi connectivity index (χ4v) is 4.66. The number of hydrogen-bond donors (Lipinski definition) is 2. The largest absolute Gasteiger partial charge is 0.598 e. The van der Waals surface area contributed by atoms with E-state index in [4.69, 9.17) is 0 Å². The van der Waals surface area contributed by atoms with Crippen LogP contribution in [0.25, 0.3) is 0 Å². The first kappa shape index (κ1) is 15.3. The van der Waals surface area contributed by atoms with Crippen LogP contribution in [-0.4, -0.2) is 28.4 Å². The van der Waals surface area contributed by atoms with Gasteiger partial charge in [0.25, 0.3) is 0 Å². The van der Waals surface area contributed by atoms with Gasteiger partial charge in [0.2, 0.25) is 0 Å². The second-order valence-electron chi connectivity index (χ2n) is 7.32. The highest BCUT2D eigenvalue weighted by Crippen LogP contribution is 2.45. The Morgan fingerprint density at radius 2 is 1.90 bits per heavy atom. The Hall–Kier alpha value is -0.550. The minimum atomic E-state index is -1.01. The summed E-state index contributed by atoms with van der Waals surface area (Å²) < 4.78 is 15.8. The first-order valence-corrected chi connectivity index (χ1v) is 9.06. The third-order valence-corrected chi connectivity index (χ3v) is 6.56. The molecule has 1 aromatic rings. The maximum atomic E-state index is 12.6. The monoisotopic (exact) mass is 306 g/mol. The number of hydrogen-bond acceptors (Lipinski definition) is 3. The van der Waals surface area contributed by atoms with Crippen molar-refractivity contribution in [2.24, 2.45) is 0 Å². The molecule has 3 rings (SSSR count). The predicted molar refractivity (Wildman–Crippen MR) is 88.7 cm³/mol. The fraction of sp³-hybridized carbons (Fsp3) is 0.647. The molecule has 21 heavy (non-hydrogen) atoms. The Bertz CT molecular complexity index is 506. The van der Waals surface area contributed by atoms with Gasteiger partial charge in [0, 0.05) is 16.8 Å². The van der Waals surface area contributed by atoms with Crippen LogP contribution >= 0.6 is 0 Å². The molecule has 2 aliphatic rings. The summed E-state index contributed by atoms with van der Waals surface area (Å²) in [6.45, 7) is 8.21. The number of rotatable bonds is 2. The lowest BCUT2D eigenvalue weighted by atomic mass is 9.72. The van der Waals surface area contributed by atoms with E-state index in [1.165, 1.54) is 11.1 Å². The van der Waals surface area contributed by atoms with Crippen LogP contribution in [0.1, 0.15) is 44.7 Å². The molecule has 1 fully saturated rings. The Balaban J connectivity index is 1.90. The molecule has 116 valence electrons. The summed E-state index contributed by atoms with van der Waals surface area (Å²) in [5.74, 6) is 0. The minimum Gasteiger partial charge on any atom is -0.598 e. The van der Waals surface area contributed by atoms with E-state index in [2.05, 4.69) is 34.3 Å². The first-order chi connectivity index (χ1) is 9.93. The summed E-state index contributed by atoms with van der Waals surface area (Å²) in [4.78, 5) is 0. The van der Waals surface area contributed by atoms with E-state index in [1.807, 2.05) is 20.8 Å². The van der Waals surface area contributed by atoms with Crippen molar-refractivity contribution in [3.63, 3.8) is 0 Å². The normalized spacial score (nSPS) is 25.8. The highest BCUT2D eigenvalue weighted by molar-refractivity contribution is 7.90. The van der Waals surface area contributed by atoms with E-state index in [9.17, 15) is 4.55 Å². The van der Waals surface area contributed by atoms with Crippen LogP contribution in [0.15, 0.2) is 24.3 Å². The van der Waals surface area contributed by atoms with Crippen LogP contribution in [-0.2, 0) is 23.2 Å². The summed E-state index contributed by atoms with van der Waals surface area (Å²) in [6.07, 6.45) is 3.25. The Morgan fingerprint density at radius 1 is 1.24 bits per heavy atom. The third-order valence-electron chi connectivity index (χ3n) is 4.95. The van der Waals surface area contributed by atoms with E-state index in [-0.39, 0.29) is 16.2 Å². The van der Waals surface area contributed by atoms with Gasteiger partial charge >= 0.3 is 0 Å². The van der Waals surface area contributed by atoms with E-state index in [0.29, 0.717) is 0 Å². The van der Waals surface area contributed by atoms with Crippen molar-refractivity contribution in [1.82, 2.24) is 10.0 Å². The maximum Gasteiger partial charge on any atom is 0.136 e. The zero-order chi connectivity index (χ0) is 15.1. The molecule has 2 atom stereocenters. The molecule has 0 radical (unpaired) electrons. The first-order valence-electron chi connectivity index (χ1n) is 7.91. The predicted octanol–water partition coefficient (Wildman–Crippen LogP) is 2.28. The topological polar surface area (TPSA) is 47.1 Å². The molecule has 4 heteroatoms. The van der Waals surface area contributed by atoms with Crippen molar-refractivity contribution in [2.45, 2.75) is 56.2 Å². The lowest BCUT2D eigenvalue weighted by Gasteiger charge is -2.41. The Labute approximate surface area is 131 Å². The van der Waals surface area contributed by atoms with Crippen LogP contribution in [0, 0.1) is 0 Å². The van der Waals surface area contributed by atoms with Crippen molar-refractivity contribution < 1.29 is 4.55 Å². The summed E-state index contributed by atoms with van der Waals surface area (Å²) in [6, 6.07) is 9.07. The highest BCUT2D eigenvalue weighted by atomic mass is 32.2. The number of benzene rings is 1. The van der Waals surface area contributed by atoms with Gasteiger partial charge in [-0.1, -0.05) is 24.3 Å². The van der Waals surface area contributed by atoms with Gasteiger partial charge in [-0.2, -0.15) is 0 Å². The molecule has 0 amide bonds. The average Bonchev–Trinajstić information content (AvgIpc) is 2.73. The van der Waals surface area contributed by atoms with Crippen LogP contribution in [0.3, 0.4) is 0 Å². The second-order valence-corrected chi connectivity index (χ2v) is 9.32. The van der Waals surface area contributed by atoms with Gasteiger partial charge in [-0.25, -0.2) is 0 Å². The minimum absolute atomic E-state index is 0.156. The lowest BCUT2D eigenvalue weighted by molar-refractivity contribution is 0.260. The number of piperidine rings is 1. The average molecular weight is 306 g/mol. The number of fused-ring (bicyclic) bond motifs is 2. The van der Waals surface area contributed by atoms with Gasteiger partial charge in [-0.05, 0) is 64.3 Å². The van der Waals surface area contributed by atoms with Gasteiger partial charge in [0.15, 0.2) is 0 Å². The van der Waals surface area contributed by atoms with E-state index in [1.54, 1.807) is 0 Å². The molecule has 1 unspecified atom stereocenters. The van der Waals surface area contributed by atoms with Gasteiger partial charge in [-0.3, -0.25) is 0 Å². The SMILES string of the molecule is CC(C)(C)[S+]([O-])N[C@@H]1Cc2ccccc2C12CCNCC2. The molecule has 1 spiro atoms. The van der Waals surface area contributed by atoms with Crippen molar-refractivity contribution in [1.29, 1.82) is 0 Å².